The molecule has 1 aliphatic rings. The maximum absolute atomic E-state index is 13.6. The molecule has 7 heteroatoms. The van der Waals surface area contributed by atoms with Crippen molar-refractivity contribution < 1.29 is 8.42 Å². The molecule has 2 aromatic heterocycles. The average Bonchev–Trinajstić information content (AvgIpc) is 3.00. The summed E-state index contributed by atoms with van der Waals surface area (Å²) in [7, 11) is -3.76. The van der Waals surface area contributed by atoms with Gasteiger partial charge in [0, 0.05) is 29.6 Å². The number of aryl methyl sites for hydroxylation is 2. The SMILES string of the molecule is Cc1ccc(S(=O)(=O)N2CCc3c(nn(-c4ccccc4C)c3C)-c3cccnc32)cc1. The molecule has 2 aromatic carbocycles. The Bertz CT molecular complexity index is 1420. The van der Waals surface area contributed by atoms with E-state index in [1.165, 1.54) is 4.31 Å². The highest BCUT2D eigenvalue weighted by atomic mass is 32.2. The molecule has 0 amide bonds. The van der Waals surface area contributed by atoms with E-state index in [4.69, 9.17) is 5.10 Å². The highest BCUT2D eigenvalue weighted by Gasteiger charge is 2.33. The van der Waals surface area contributed by atoms with Gasteiger partial charge in [-0.25, -0.2) is 22.4 Å². The number of pyridine rings is 1. The Balaban J connectivity index is 1.67. The van der Waals surface area contributed by atoms with Crippen LogP contribution in [-0.2, 0) is 16.4 Å². The zero-order chi connectivity index (χ0) is 22.5. The van der Waals surface area contributed by atoms with E-state index in [9.17, 15) is 8.42 Å². The summed E-state index contributed by atoms with van der Waals surface area (Å²) in [6, 6.07) is 18.8. The average molecular weight is 445 g/mol. The summed E-state index contributed by atoms with van der Waals surface area (Å²) < 4.78 is 30.5. The van der Waals surface area contributed by atoms with Gasteiger partial charge in [0.1, 0.15) is 5.69 Å². The van der Waals surface area contributed by atoms with E-state index in [0.29, 0.717) is 18.8 Å². The molecule has 0 saturated heterocycles. The fraction of sp³-hybridized carbons (Fsp3) is 0.200. The maximum Gasteiger partial charge on any atom is 0.265 e. The molecule has 0 fully saturated rings. The Kier molecular flexibility index (Phi) is 4.86. The van der Waals surface area contributed by atoms with Crippen LogP contribution in [0.1, 0.15) is 22.4 Å². The molecular weight excluding hydrogens is 420 g/mol. The molecule has 0 atom stereocenters. The largest absolute Gasteiger partial charge is 0.265 e. The van der Waals surface area contributed by atoms with Gasteiger partial charge in [0.2, 0.25) is 0 Å². The Labute approximate surface area is 188 Å². The standard InChI is InChI=1S/C25H24N4O2S/c1-17-10-12-20(13-11-17)32(30,31)28-16-14-21-19(3)29(23-9-5-4-7-18(23)2)27-24(21)22-8-6-15-26-25(22)28/h4-13,15H,14,16H2,1-3H3. The van der Waals surface area contributed by atoms with Crippen molar-refractivity contribution in [2.24, 2.45) is 0 Å². The van der Waals surface area contributed by atoms with Gasteiger partial charge in [-0.3, -0.25) is 0 Å². The molecule has 1 aliphatic heterocycles. The lowest BCUT2D eigenvalue weighted by molar-refractivity contribution is 0.590. The van der Waals surface area contributed by atoms with E-state index >= 15 is 0 Å². The topological polar surface area (TPSA) is 68.1 Å². The van der Waals surface area contributed by atoms with Crippen LogP contribution in [-0.4, -0.2) is 29.7 Å². The van der Waals surface area contributed by atoms with E-state index in [1.807, 2.05) is 61.0 Å². The van der Waals surface area contributed by atoms with Crippen molar-refractivity contribution in [3.05, 3.63) is 89.2 Å². The van der Waals surface area contributed by atoms with Crippen molar-refractivity contribution in [3.63, 3.8) is 0 Å². The quantitative estimate of drug-likeness (QED) is 0.463. The summed E-state index contributed by atoms with van der Waals surface area (Å²) in [5.74, 6) is 0.418. The summed E-state index contributed by atoms with van der Waals surface area (Å²) in [4.78, 5) is 4.76. The molecule has 32 heavy (non-hydrogen) atoms. The van der Waals surface area contributed by atoms with Crippen LogP contribution in [0.4, 0.5) is 5.82 Å². The van der Waals surface area contributed by atoms with Gasteiger partial charge in [-0.15, -0.1) is 0 Å². The monoisotopic (exact) mass is 444 g/mol. The number of anilines is 1. The van der Waals surface area contributed by atoms with Crippen molar-refractivity contribution in [1.29, 1.82) is 0 Å². The second-order valence-electron chi connectivity index (χ2n) is 8.13. The molecule has 0 unspecified atom stereocenters. The van der Waals surface area contributed by atoms with Gasteiger partial charge in [0.15, 0.2) is 5.82 Å². The zero-order valence-electron chi connectivity index (χ0n) is 18.3. The molecule has 0 radical (unpaired) electrons. The minimum atomic E-state index is -3.76. The van der Waals surface area contributed by atoms with Gasteiger partial charge in [-0.1, -0.05) is 35.9 Å². The molecule has 0 bridgehead atoms. The molecule has 162 valence electrons. The summed E-state index contributed by atoms with van der Waals surface area (Å²) in [5, 5.41) is 4.94. The number of benzene rings is 2. The minimum absolute atomic E-state index is 0.265. The highest BCUT2D eigenvalue weighted by molar-refractivity contribution is 7.92. The Morgan fingerprint density at radius 1 is 0.906 bits per heavy atom. The number of nitrogens with zero attached hydrogens (tertiary/aromatic N) is 4. The van der Waals surface area contributed by atoms with Crippen molar-refractivity contribution in [1.82, 2.24) is 14.8 Å². The molecule has 3 heterocycles. The summed E-state index contributed by atoms with van der Waals surface area (Å²) in [6.07, 6.45) is 2.18. The predicted molar refractivity (Wildman–Crippen MR) is 126 cm³/mol. The first-order chi connectivity index (χ1) is 15.4. The first-order valence-corrected chi connectivity index (χ1v) is 12.0. The smallest absolute Gasteiger partial charge is 0.249 e. The van der Waals surface area contributed by atoms with Crippen molar-refractivity contribution in [2.45, 2.75) is 32.1 Å². The molecule has 0 N–H and O–H groups in total. The Morgan fingerprint density at radius 3 is 2.41 bits per heavy atom. The molecule has 0 spiro atoms. The van der Waals surface area contributed by atoms with Crippen molar-refractivity contribution in [3.8, 4) is 16.9 Å². The maximum atomic E-state index is 13.6. The number of para-hydroxylation sites is 1. The summed E-state index contributed by atoms with van der Waals surface area (Å²) in [5.41, 5.74) is 6.74. The Morgan fingerprint density at radius 2 is 1.66 bits per heavy atom. The van der Waals surface area contributed by atoms with E-state index in [-0.39, 0.29) is 4.90 Å². The summed E-state index contributed by atoms with van der Waals surface area (Å²) in [6.45, 7) is 6.34. The molecule has 6 nitrogen and oxygen atoms in total. The minimum Gasteiger partial charge on any atom is -0.249 e. The van der Waals surface area contributed by atoms with Crippen LogP contribution in [0.2, 0.25) is 0 Å². The normalized spacial score (nSPS) is 13.4. The molecule has 0 aliphatic carbocycles. The van der Waals surface area contributed by atoms with Crippen LogP contribution in [0.3, 0.4) is 0 Å². The van der Waals surface area contributed by atoms with E-state index in [2.05, 4.69) is 18.0 Å². The number of hydrogen-bond donors (Lipinski definition) is 0. The van der Waals surface area contributed by atoms with Gasteiger partial charge < -0.3 is 0 Å². The van der Waals surface area contributed by atoms with Crippen LogP contribution >= 0.6 is 0 Å². The van der Waals surface area contributed by atoms with E-state index in [1.54, 1.807) is 18.3 Å². The second kappa shape index (κ2) is 7.60. The van der Waals surface area contributed by atoms with Crippen molar-refractivity contribution >= 4 is 15.8 Å². The second-order valence-corrected chi connectivity index (χ2v) is 9.99. The van der Waals surface area contributed by atoms with Crippen LogP contribution in [0, 0.1) is 20.8 Å². The number of fused-ring (bicyclic) bond motifs is 3. The van der Waals surface area contributed by atoms with E-state index in [0.717, 1.165) is 39.3 Å². The first kappa shape index (κ1) is 20.5. The molecule has 4 aromatic rings. The van der Waals surface area contributed by atoms with Gasteiger partial charge >= 0.3 is 0 Å². The highest BCUT2D eigenvalue weighted by Crippen LogP contribution is 2.38. The van der Waals surface area contributed by atoms with Crippen LogP contribution < -0.4 is 4.31 Å². The lowest BCUT2D eigenvalue weighted by Gasteiger charge is -2.23. The molecule has 0 saturated carbocycles. The summed E-state index contributed by atoms with van der Waals surface area (Å²) >= 11 is 0. The number of sulfonamides is 1. The Hall–Kier alpha value is -3.45. The van der Waals surface area contributed by atoms with Crippen molar-refractivity contribution in [2.75, 3.05) is 10.8 Å². The lowest BCUT2D eigenvalue weighted by atomic mass is 10.1. The zero-order valence-corrected chi connectivity index (χ0v) is 19.1. The van der Waals surface area contributed by atoms with Crippen LogP contribution in [0.5, 0.6) is 0 Å². The third kappa shape index (κ3) is 3.20. The number of aromatic nitrogens is 3. The first-order valence-electron chi connectivity index (χ1n) is 10.6. The molecule has 5 rings (SSSR count). The number of hydrogen-bond acceptors (Lipinski definition) is 4. The predicted octanol–water partition coefficient (Wildman–Crippen LogP) is 4.61. The van der Waals surface area contributed by atoms with Gasteiger partial charge in [0.25, 0.3) is 10.0 Å². The third-order valence-electron chi connectivity index (χ3n) is 6.04. The van der Waals surface area contributed by atoms with Gasteiger partial charge in [-0.2, -0.15) is 5.10 Å². The van der Waals surface area contributed by atoms with Crippen LogP contribution in [0.25, 0.3) is 16.9 Å². The third-order valence-corrected chi connectivity index (χ3v) is 7.84. The number of rotatable bonds is 3. The van der Waals surface area contributed by atoms with Gasteiger partial charge in [-0.05, 0) is 63.1 Å². The van der Waals surface area contributed by atoms with Crippen LogP contribution in [0.15, 0.2) is 71.8 Å². The fourth-order valence-corrected chi connectivity index (χ4v) is 5.70. The van der Waals surface area contributed by atoms with Gasteiger partial charge in [0.05, 0.1) is 10.6 Å². The van der Waals surface area contributed by atoms with E-state index < -0.39 is 10.0 Å². The fourth-order valence-electron chi connectivity index (χ4n) is 4.26. The molecular formula is C25H24N4O2S. The lowest BCUT2D eigenvalue weighted by Crippen LogP contribution is -2.33.